The van der Waals surface area contributed by atoms with E-state index in [2.05, 4.69) is 6.07 Å². The number of rotatable bonds is 3. The molecule has 1 rings (SSSR count). The highest BCUT2D eigenvalue weighted by Gasteiger charge is 2.18. The molecule has 0 saturated heterocycles. The molecule has 80 valence electrons. The summed E-state index contributed by atoms with van der Waals surface area (Å²) in [5, 5.41) is 8.97. The average Bonchev–Trinajstić information content (AvgIpc) is 2.16. The summed E-state index contributed by atoms with van der Waals surface area (Å²) >= 11 is 5.75. The molecule has 0 amide bonds. The Hall–Kier alpha value is -1.27. The van der Waals surface area contributed by atoms with E-state index in [-0.39, 0.29) is 11.6 Å². The Morgan fingerprint density at radius 3 is 2.73 bits per heavy atom. The standard InChI is InChI=1S/C11H11ClFNO/c1-11(2,6-14)7-15-10-4-3-8(13)5-9(10)12/h3-5H,7H2,1-2H3. The molecule has 4 heteroatoms. The third kappa shape index (κ3) is 3.41. The van der Waals surface area contributed by atoms with E-state index in [9.17, 15) is 4.39 Å². The van der Waals surface area contributed by atoms with Crippen LogP contribution in [0.5, 0.6) is 5.75 Å². The summed E-state index contributed by atoms with van der Waals surface area (Å²) in [5.41, 5.74) is -0.586. The second-order valence-electron chi connectivity index (χ2n) is 3.86. The van der Waals surface area contributed by atoms with E-state index >= 15 is 0 Å². The lowest BCUT2D eigenvalue weighted by atomic mass is 9.98. The third-order valence-corrected chi connectivity index (χ3v) is 2.08. The van der Waals surface area contributed by atoms with Gasteiger partial charge in [-0.2, -0.15) is 5.26 Å². The molecule has 0 N–H and O–H groups in total. The van der Waals surface area contributed by atoms with Gasteiger partial charge in [0.15, 0.2) is 0 Å². The first-order valence-corrected chi connectivity index (χ1v) is 4.81. The Morgan fingerprint density at radius 1 is 1.53 bits per heavy atom. The second kappa shape index (κ2) is 4.50. The zero-order chi connectivity index (χ0) is 11.5. The van der Waals surface area contributed by atoms with Crippen molar-refractivity contribution in [2.45, 2.75) is 13.8 Å². The van der Waals surface area contributed by atoms with Crippen molar-refractivity contribution in [3.05, 3.63) is 29.0 Å². The van der Waals surface area contributed by atoms with Crippen molar-refractivity contribution in [1.82, 2.24) is 0 Å². The summed E-state index contributed by atoms with van der Waals surface area (Å²) in [6, 6.07) is 5.99. The van der Waals surface area contributed by atoms with Crippen LogP contribution in [0.25, 0.3) is 0 Å². The van der Waals surface area contributed by atoms with Crippen molar-refractivity contribution in [2.24, 2.45) is 5.41 Å². The van der Waals surface area contributed by atoms with Gasteiger partial charge in [-0.1, -0.05) is 11.6 Å². The van der Waals surface area contributed by atoms with Crippen molar-refractivity contribution in [1.29, 1.82) is 5.26 Å². The van der Waals surface area contributed by atoms with Gasteiger partial charge in [0.25, 0.3) is 0 Å². The minimum absolute atomic E-state index is 0.212. The Bertz CT molecular complexity index is 398. The van der Waals surface area contributed by atoms with Crippen LogP contribution in [0, 0.1) is 22.6 Å². The lowest BCUT2D eigenvalue weighted by Crippen LogP contribution is -2.19. The maximum absolute atomic E-state index is 12.7. The molecule has 0 heterocycles. The van der Waals surface area contributed by atoms with Crippen LogP contribution in [0.4, 0.5) is 4.39 Å². The summed E-state index contributed by atoms with van der Waals surface area (Å²) < 4.78 is 18.0. The molecule has 0 radical (unpaired) electrons. The van der Waals surface area contributed by atoms with Gasteiger partial charge < -0.3 is 4.74 Å². The lowest BCUT2D eigenvalue weighted by molar-refractivity contribution is 0.227. The molecule has 1 aromatic rings. The van der Waals surface area contributed by atoms with Gasteiger partial charge in [0.05, 0.1) is 16.5 Å². The molecule has 0 aliphatic rings. The molecule has 0 spiro atoms. The van der Waals surface area contributed by atoms with Crippen LogP contribution in [0.3, 0.4) is 0 Å². The quantitative estimate of drug-likeness (QED) is 0.793. The zero-order valence-corrected chi connectivity index (χ0v) is 9.31. The molecule has 0 aliphatic heterocycles. The Morgan fingerprint density at radius 2 is 2.20 bits per heavy atom. The average molecular weight is 228 g/mol. The van der Waals surface area contributed by atoms with Gasteiger partial charge in [-0.25, -0.2) is 4.39 Å². The van der Waals surface area contributed by atoms with E-state index in [0.717, 1.165) is 0 Å². The first kappa shape index (κ1) is 11.8. The maximum Gasteiger partial charge on any atom is 0.138 e. The zero-order valence-electron chi connectivity index (χ0n) is 8.55. The van der Waals surface area contributed by atoms with Gasteiger partial charge in [0, 0.05) is 0 Å². The predicted octanol–water partition coefficient (Wildman–Crippen LogP) is 3.41. The molecule has 1 aromatic carbocycles. The molecule has 0 aliphatic carbocycles. The Labute approximate surface area is 93.2 Å². The second-order valence-corrected chi connectivity index (χ2v) is 4.27. The summed E-state index contributed by atoms with van der Waals surface area (Å²) in [6.07, 6.45) is 0. The van der Waals surface area contributed by atoms with Gasteiger partial charge in [-0.3, -0.25) is 0 Å². The minimum Gasteiger partial charge on any atom is -0.490 e. The van der Waals surface area contributed by atoms with Gasteiger partial charge in [-0.15, -0.1) is 0 Å². The first-order chi connectivity index (χ1) is 6.94. The fraction of sp³-hybridized carbons (Fsp3) is 0.364. The number of nitriles is 1. The first-order valence-electron chi connectivity index (χ1n) is 4.44. The summed E-state index contributed by atoms with van der Waals surface area (Å²) in [6.45, 7) is 3.73. The highest BCUT2D eigenvalue weighted by atomic mass is 35.5. The molecule has 0 atom stereocenters. The highest BCUT2D eigenvalue weighted by Crippen LogP contribution is 2.26. The molecule has 0 bridgehead atoms. The van der Waals surface area contributed by atoms with E-state index in [0.29, 0.717) is 5.75 Å². The fourth-order valence-electron chi connectivity index (χ4n) is 0.883. The smallest absolute Gasteiger partial charge is 0.138 e. The van der Waals surface area contributed by atoms with E-state index in [4.69, 9.17) is 21.6 Å². The topological polar surface area (TPSA) is 33.0 Å². The monoisotopic (exact) mass is 227 g/mol. The van der Waals surface area contributed by atoms with Crippen LogP contribution >= 0.6 is 11.6 Å². The molecular weight excluding hydrogens is 217 g/mol. The minimum atomic E-state index is -0.586. The molecule has 0 unspecified atom stereocenters. The van der Waals surface area contributed by atoms with Crippen LogP contribution in [-0.4, -0.2) is 6.61 Å². The molecule has 15 heavy (non-hydrogen) atoms. The van der Waals surface area contributed by atoms with E-state index in [1.807, 2.05) is 0 Å². The maximum atomic E-state index is 12.7. The van der Waals surface area contributed by atoms with Crippen molar-refractivity contribution in [3.63, 3.8) is 0 Å². The van der Waals surface area contributed by atoms with Crippen LogP contribution in [0.15, 0.2) is 18.2 Å². The van der Waals surface area contributed by atoms with Crippen LogP contribution in [0.1, 0.15) is 13.8 Å². The van der Waals surface area contributed by atoms with E-state index in [1.165, 1.54) is 18.2 Å². The normalized spacial score (nSPS) is 10.9. The number of nitrogens with zero attached hydrogens (tertiary/aromatic N) is 1. The summed E-state index contributed by atoms with van der Waals surface area (Å²) in [5.74, 6) is -0.0201. The summed E-state index contributed by atoms with van der Waals surface area (Å²) in [4.78, 5) is 0. The van der Waals surface area contributed by atoms with Crippen molar-refractivity contribution >= 4 is 11.6 Å². The lowest BCUT2D eigenvalue weighted by Gasteiger charge is -2.16. The largest absolute Gasteiger partial charge is 0.490 e. The number of benzene rings is 1. The van der Waals surface area contributed by atoms with Crippen LogP contribution in [-0.2, 0) is 0 Å². The van der Waals surface area contributed by atoms with Gasteiger partial charge in [0.1, 0.15) is 18.2 Å². The van der Waals surface area contributed by atoms with Crippen LogP contribution < -0.4 is 4.74 Å². The number of hydrogen-bond acceptors (Lipinski definition) is 2. The highest BCUT2D eigenvalue weighted by molar-refractivity contribution is 6.32. The summed E-state index contributed by atoms with van der Waals surface area (Å²) in [7, 11) is 0. The SMILES string of the molecule is CC(C)(C#N)COc1ccc(F)cc1Cl. The molecule has 2 nitrogen and oxygen atoms in total. The van der Waals surface area contributed by atoms with Crippen molar-refractivity contribution in [2.75, 3.05) is 6.61 Å². The number of hydrogen-bond donors (Lipinski definition) is 0. The number of halogens is 2. The van der Waals surface area contributed by atoms with Gasteiger partial charge in [-0.05, 0) is 32.0 Å². The van der Waals surface area contributed by atoms with E-state index in [1.54, 1.807) is 13.8 Å². The molecular formula is C11H11ClFNO. The van der Waals surface area contributed by atoms with Gasteiger partial charge >= 0.3 is 0 Å². The predicted molar refractivity (Wildman–Crippen MR) is 56.3 cm³/mol. The third-order valence-electron chi connectivity index (χ3n) is 1.79. The van der Waals surface area contributed by atoms with Gasteiger partial charge in [0.2, 0.25) is 0 Å². The molecule has 0 saturated carbocycles. The number of ether oxygens (including phenoxy) is 1. The van der Waals surface area contributed by atoms with Crippen molar-refractivity contribution in [3.8, 4) is 11.8 Å². The van der Waals surface area contributed by atoms with Crippen molar-refractivity contribution < 1.29 is 9.13 Å². The molecule has 0 aromatic heterocycles. The molecule has 0 fully saturated rings. The van der Waals surface area contributed by atoms with E-state index < -0.39 is 11.2 Å². The Kier molecular flexibility index (Phi) is 3.54. The fourth-order valence-corrected chi connectivity index (χ4v) is 1.10. The van der Waals surface area contributed by atoms with Crippen LogP contribution in [0.2, 0.25) is 5.02 Å². The Balaban J connectivity index is 2.71.